The van der Waals surface area contributed by atoms with Crippen LogP contribution in [0.25, 0.3) is 0 Å². The van der Waals surface area contributed by atoms with E-state index in [1.54, 1.807) is 6.92 Å². The molecule has 3 rings (SSSR count). The molecule has 1 N–H and O–H groups in total. The molecular formula is C17H24ClF3N2O3S. The predicted octanol–water partition coefficient (Wildman–Crippen LogP) is 4.21. The smallest absolute Gasteiger partial charge is 0.425 e. The molecule has 27 heavy (non-hydrogen) atoms. The molecule has 0 aromatic carbocycles. The molecule has 3 unspecified atom stereocenters. The number of halogens is 4. The van der Waals surface area contributed by atoms with Gasteiger partial charge in [0.15, 0.2) is 10.9 Å². The van der Waals surface area contributed by atoms with Crippen molar-refractivity contribution in [2.24, 2.45) is 0 Å². The highest BCUT2D eigenvalue weighted by Gasteiger charge is 2.68. The van der Waals surface area contributed by atoms with E-state index < -0.39 is 34.9 Å². The quantitative estimate of drug-likeness (QED) is 0.544. The summed E-state index contributed by atoms with van der Waals surface area (Å²) in [6.45, 7) is 7.31. The first-order valence-electron chi connectivity index (χ1n) is 8.84. The minimum atomic E-state index is -4.59. The number of unbranched alkanes of at least 4 members (excludes halogenated alkanes) is 1. The Morgan fingerprint density at radius 3 is 2.52 bits per heavy atom. The normalized spacial score (nSPS) is 27.3. The molecular weight excluding hydrogens is 405 g/mol. The van der Waals surface area contributed by atoms with E-state index in [2.05, 4.69) is 9.71 Å². The molecule has 1 saturated heterocycles. The summed E-state index contributed by atoms with van der Waals surface area (Å²) in [6, 6.07) is 1.29. The molecule has 154 valence electrons. The second kappa shape index (κ2) is 8.23. The van der Waals surface area contributed by atoms with Gasteiger partial charge in [-0.15, -0.1) is 0 Å². The fourth-order valence-corrected chi connectivity index (χ4v) is 4.31. The van der Waals surface area contributed by atoms with E-state index >= 15 is 0 Å². The second-order valence-corrected chi connectivity index (χ2v) is 8.08. The summed E-state index contributed by atoms with van der Waals surface area (Å²) in [4.78, 5) is 3.83. The summed E-state index contributed by atoms with van der Waals surface area (Å²) in [6.07, 6.45) is -2.93. The highest BCUT2D eigenvalue weighted by atomic mass is 35.5. The van der Waals surface area contributed by atoms with Crippen LogP contribution in [0.3, 0.4) is 0 Å². The number of nitrogens with zero attached hydrogens (tertiary/aromatic N) is 1. The van der Waals surface area contributed by atoms with Crippen molar-refractivity contribution in [2.75, 3.05) is 19.0 Å². The van der Waals surface area contributed by atoms with Gasteiger partial charge in [0.1, 0.15) is 6.61 Å². The standard InChI is InChI=1S/C15H18ClF3N2O3S.C2H6/c1-3-4-5-25(22)21-13(2)7-23-11-9(13)6-10(20-12(11)16)14(8-24-14)15(17,18)19;1-2/h6,21H,3-5,7-8H2,1-2H3;1-2H3. The van der Waals surface area contributed by atoms with Gasteiger partial charge in [0, 0.05) is 11.3 Å². The lowest BCUT2D eigenvalue weighted by Crippen LogP contribution is -2.43. The Morgan fingerprint density at radius 2 is 2.00 bits per heavy atom. The molecule has 0 bridgehead atoms. The van der Waals surface area contributed by atoms with Gasteiger partial charge in [-0.2, -0.15) is 13.2 Å². The summed E-state index contributed by atoms with van der Waals surface area (Å²) >= 11 is 6.04. The van der Waals surface area contributed by atoms with E-state index in [4.69, 9.17) is 21.1 Å². The Labute approximate surface area is 164 Å². The number of hydrogen-bond acceptors (Lipinski definition) is 4. The zero-order valence-electron chi connectivity index (χ0n) is 15.7. The van der Waals surface area contributed by atoms with Crippen LogP contribution in [-0.2, 0) is 26.9 Å². The number of rotatable bonds is 6. The third-order valence-corrected chi connectivity index (χ3v) is 5.95. The first kappa shape index (κ1) is 22.4. The van der Waals surface area contributed by atoms with Crippen LogP contribution in [0, 0.1) is 0 Å². The Hall–Kier alpha value is -0.900. The number of pyridine rings is 1. The largest absolute Gasteiger partial charge is 0.488 e. The molecule has 2 aliphatic rings. The maximum atomic E-state index is 13.3. The van der Waals surface area contributed by atoms with Crippen LogP contribution < -0.4 is 9.46 Å². The van der Waals surface area contributed by atoms with E-state index in [1.807, 2.05) is 20.8 Å². The Kier molecular flexibility index (Phi) is 6.82. The minimum absolute atomic E-state index is 0.102. The molecule has 0 spiro atoms. The van der Waals surface area contributed by atoms with Gasteiger partial charge in [-0.3, -0.25) is 0 Å². The lowest BCUT2D eigenvalue weighted by atomic mass is 9.93. The van der Waals surface area contributed by atoms with E-state index in [-0.39, 0.29) is 23.2 Å². The van der Waals surface area contributed by atoms with Gasteiger partial charge in [0.05, 0.1) is 28.8 Å². The first-order chi connectivity index (χ1) is 12.6. The first-order valence-corrected chi connectivity index (χ1v) is 10.5. The van der Waals surface area contributed by atoms with Crippen LogP contribution in [0.4, 0.5) is 13.2 Å². The molecule has 0 aliphatic carbocycles. The fraction of sp³-hybridized carbons (Fsp3) is 0.706. The van der Waals surface area contributed by atoms with Crippen molar-refractivity contribution in [3.8, 4) is 5.75 Å². The van der Waals surface area contributed by atoms with Gasteiger partial charge in [0.2, 0.25) is 5.60 Å². The minimum Gasteiger partial charge on any atom is -0.488 e. The number of epoxide rings is 1. The number of fused-ring (bicyclic) bond motifs is 1. The Morgan fingerprint density at radius 1 is 1.37 bits per heavy atom. The number of aromatic nitrogens is 1. The maximum Gasteiger partial charge on any atom is 0.425 e. The van der Waals surface area contributed by atoms with E-state index in [0.29, 0.717) is 11.3 Å². The SMILES string of the molecule is CC.CCCCS(=O)NC1(C)COc2c1cc(C1(C(F)(F)F)CO1)nc2Cl. The van der Waals surface area contributed by atoms with Crippen LogP contribution in [0.15, 0.2) is 6.07 Å². The average Bonchev–Trinajstić information content (AvgIpc) is 3.36. The molecule has 2 aliphatic heterocycles. The number of alkyl halides is 3. The van der Waals surface area contributed by atoms with Crippen molar-refractivity contribution in [3.63, 3.8) is 0 Å². The molecule has 1 fully saturated rings. The van der Waals surface area contributed by atoms with Gasteiger partial charge in [0.25, 0.3) is 0 Å². The molecule has 3 heterocycles. The molecule has 0 amide bonds. The van der Waals surface area contributed by atoms with Crippen LogP contribution >= 0.6 is 11.6 Å². The summed E-state index contributed by atoms with van der Waals surface area (Å²) in [7, 11) is -1.34. The van der Waals surface area contributed by atoms with Gasteiger partial charge < -0.3 is 9.47 Å². The summed E-state index contributed by atoms with van der Waals surface area (Å²) in [5.74, 6) is 0.661. The van der Waals surface area contributed by atoms with Crippen molar-refractivity contribution in [1.82, 2.24) is 9.71 Å². The molecule has 3 atom stereocenters. The lowest BCUT2D eigenvalue weighted by molar-refractivity contribution is -0.188. The van der Waals surface area contributed by atoms with E-state index in [0.717, 1.165) is 12.8 Å². The van der Waals surface area contributed by atoms with Gasteiger partial charge >= 0.3 is 6.18 Å². The van der Waals surface area contributed by atoms with Crippen LogP contribution in [0.1, 0.15) is 51.8 Å². The summed E-state index contributed by atoms with van der Waals surface area (Å²) in [5, 5.41) is -0.156. The van der Waals surface area contributed by atoms with Crippen molar-refractivity contribution < 1.29 is 26.9 Å². The summed E-state index contributed by atoms with van der Waals surface area (Å²) in [5.41, 5.74) is -3.24. The van der Waals surface area contributed by atoms with Crippen molar-refractivity contribution in [2.45, 2.75) is 57.9 Å². The van der Waals surface area contributed by atoms with Gasteiger partial charge in [-0.1, -0.05) is 38.8 Å². The van der Waals surface area contributed by atoms with Gasteiger partial charge in [-0.25, -0.2) is 13.9 Å². The molecule has 5 nitrogen and oxygen atoms in total. The Balaban J connectivity index is 0.00000126. The molecule has 10 heteroatoms. The third kappa shape index (κ3) is 4.26. The van der Waals surface area contributed by atoms with Crippen molar-refractivity contribution >= 4 is 22.6 Å². The van der Waals surface area contributed by atoms with Crippen molar-refractivity contribution in [3.05, 3.63) is 22.5 Å². The predicted molar refractivity (Wildman–Crippen MR) is 98.2 cm³/mol. The molecule has 0 radical (unpaired) electrons. The van der Waals surface area contributed by atoms with Crippen LogP contribution in [-0.4, -0.2) is 34.3 Å². The zero-order valence-corrected chi connectivity index (χ0v) is 17.3. The van der Waals surface area contributed by atoms with Crippen LogP contribution in [0.2, 0.25) is 5.15 Å². The highest BCUT2D eigenvalue weighted by molar-refractivity contribution is 7.83. The van der Waals surface area contributed by atoms with Gasteiger partial charge in [-0.05, 0) is 19.4 Å². The third-order valence-electron chi connectivity index (χ3n) is 4.36. The average molecular weight is 429 g/mol. The zero-order chi connectivity index (χ0) is 20.5. The maximum absolute atomic E-state index is 13.3. The molecule has 0 saturated carbocycles. The highest BCUT2D eigenvalue weighted by Crippen LogP contribution is 2.53. The monoisotopic (exact) mass is 428 g/mol. The molecule has 1 aromatic rings. The second-order valence-electron chi connectivity index (χ2n) is 6.41. The number of nitrogens with one attached hydrogen (secondary N) is 1. The van der Waals surface area contributed by atoms with Crippen molar-refractivity contribution in [1.29, 1.82) is 0 Å². The summed E-state index contributed by atoms with van der Waals surface area (Å²) < 4.78 is 65.3. The lowest BCUT2D eigenvalue weighted by Gasteiger charge is -2.24. The van der Waals surface area contributed by atoms with E-state index in [1.165, 1.54) is 6.07 Å². The van der Waals surface area contributed by atoms with E-state index in [9.17, 15) is 17.4 Å². The number of hydrogen-bond donors (Lipinski definition) is 1. The fourth-order valence-electron chi connectivity index (χ4n) is 2.74. The number of ether oxygens (including phenoxy) is 2. The topological polar surface area (TPSA) is 63.8 Å². The Bertz CT molecular complexity index is 713. The van der Waals surface area contributed by atoms with Crippen LogP contribution in [0.5, 0.6) is 5.75 Å². The molecule has 1 aromatic heterocycles.